The number of rotatable bonds is 1. The average Bonchev–Trinajstić information content (AvgIpc) is 3.18. The Morgan fingerprint density at radius 2 is 1.61 bits per heavy atom. The van der Waals surface area contributed by atoms with E-state index in [-0.39, 0.29) is 11.8 Å². The molecule has 23 heavy (non-hydrogen) atoms. The van der Waals surface area contributed by atoms with Crippen LogP contribution in [0.2, 0.25) is 0 Å². The summed E-state index contributed by atoms with van der Waals surface area (Å²) in [6.07, 6.45) is 0. The molecule has 5 rings (SSSR count). The summed E-state index contributed by atoms with van der Waals surface area (Å²) in [5.41, 5.74) is 4.47. The summed E-state index contributed by atoms with van der Waals surface area (Å²) in [6.45, 7) is 2.10. The summed E-state index contributed by atoms with van der Waals surface area (Å²) in [5.74, 6) is 0.394. The lowest BCUT2D eigenvalue weighted by Gasteiger charge is -2.28. The molecular formula is C21H14N2. The second-order valence-corrected chi connectivity index (χ2v) is 6.91. The highest BCUT2D eigenvalue weighted by atomic mass is 14.8. The average molecular weight is 294 g/mol. The van der Waals surface area contributed by atoms with Crippen molar-refractivity contribution in [2.45, 2.75) is 18.3 Å². The highest BCUT2D eigenvalue weighted by Gasteiger charge is 2.84. The van der Waals surface area contributed by atoms with Crippen molar-refractivity contribution >= 4 is 5.57 Å². The van der Waals surface area contributed by atoms with Gasteiger partial charge in [0, 0.05) is 22.8 Å². The van der Waals surface area contributed by atoms with Crippen molar-refractivity contribution in [3.05, 3.63) is 76.9 Å². The van der Waals surface area contributed by atoms with Crippen LogP contribution in [-0.4, -0.2) is 0 Å². The number of nitriles is 2. The SMILES string of the molecule is C[C@@]12C(C#N)=C(c3ccccc3)C3C(c4ccccc41)[C@]32C#N. The topological polar surface area (TPSA) is 47.6 Å². The molecule has 0 saturated heterocycles. The molecule has 0 heterocycles. The van der Waals surface area contributed by atoms with Crippen molar-refractivity contribution < 1.29 is 0 Å². The normalized spacial score (nSPS) is 35.3. The molecule has 0 aromatic heterocycles. The third-order valence-electron chi connectivity index (χ3n) is 6.33. The molecule has 4 atom stereocenters. The molecule has 0 amide bonds. The summed E-state index contributed by atoms with van der Waals surface area (Å²) < 4.78 is 0. The van der Waals surface area contributed by atoms with E-state index < -0.39 is 10.8 Å². The molecule has 0 aliphatic heterocycles. The zero-order valence-corrected chi connectivity index (χ0v) is 12.7. The van der Waals surface area contributed by atoms with Crippen molar-refractivity contribution in [1.82, 2.24) is 0 Å². The summed E-state index contributed by atoms with van der Waals surface area (Å²) in [7, 11) is 0. The van der Waals surface area contributed by atoms with Gasteiger partial charge in [-0.05, 0) is 29.2 Å². The van der Waals surface area contributed by atoms with Gasteiger partial charge in [0.15, 0.2) is 0 Å². The lowest BCUT2D eigenvalue weighted by atomic mass is 9.70. The molecule has 0 bridgehead atoms. The summed E-state index contributed by atoms with van der Waals surface area (Å²) in [5, 5.41) is 20.0. The third kappa shape index (κ3) is 1.08. The molecular weight excluding hydrogens is 280 g/mol. The van der Waals surface area contributed by atoms with Crippen molar-refractivity contribution in [3.63, 3.8) is 0 Å². The maximum absolute atomic E-state index is 10.1. The molecule has 3 aliphatic carbocycles. The minimum Gasteiger partial charge on any atom is -0.198 e. The number of allylic oxidation sites excluding steroid dienone is 2. The minimum atomic E-state index is -0.479. The second kappa shape index (κ2) is 3.73. The van der Waals surface area contributed by atoms with Crippen LogP contribution in [0.25, 0.3) is 5.57 Å². The Balaban J connectivity index is 1.87. The van der Waals surface area contributed by atoms with Crippen molar-refractivity contribution in [1.29, 1.82) is 10.5 Å². The first-order chi connectivity index (χ1) is 11.2. The van der Waals surface area contributed by atoms with E-state index in [0.29, 0.717) is 0 Å². The lowest BCUT2D eigenvalue weighted by Crippen LogP contribution is -2.30. The van der Waals surface area contributed by atoms with Gasteiger partial charge in [-0.25, -0.2) is 0 Å². The molecule has 2 nitrogen and oxygen atoms in total. The number of nitrogens with zero attached hydrogens (tertiary/aromatic N) is 2. The molecule has 0 radical (unpaired) electrons. The van der Waals surface area contributed by atoms with Gasteiger partial charge < -0.3 is 0 Å². The summed E-state index contributed by atoms with van der Waals surface area (Å²) in [6, 6.07) is 23.5. The van der Waals surface area contributed by atoms with Gasteiger partial charge in [-0.15, -0.1) is 0 Å². The monoisotopic (exact) mass is 294 g/mol. The minimum absolute atomic E-state index is 0.157. The standard InChI is InChI=1S/C21H14N2/c1-20-15-10-6-5-9-14(15)18-19(21(18,20)12-23)17(16(20)11-22)13-7-3-2-4-8-13/h2-10,18-19H,1H3/t18?,19?,20-,21+/m0/s1. The van der Waals surface area contributed by atoms with Gasteiger partial charge >= 0.3 is 0 Å². The van der Waals surface area contributed by atoms with E-state index in [1.807, 2.05) is 30.3 Å². The number of hydrogen-bond acceptors (Lipinski definition) is 2. The first kappa shape index (κ1) is 12.7. The van der Waals surface area contributed by atoms with Gasteiger partial charge in [0.2, 0.25) is 0 Å². The molecule has 3 aliphatic rings. The molecule has 2 unspecified atom stereocenters. The highest BCUT2D eigenvalue weighted by molar-refractivity contribution is 5.90. The Hall–Kier alpha value is -2.84. The van der Waals surface area contributed by atoms with Gasteiger partial charge in [0.1, 0.15) is 0 Å². The summed E-state index contributed by atoms with van der Waals surface area (Å²) >= 11 is 0. The van der Waals surface area contributed by atoms with E-state index in [1.165, 1.54) is 11.1 Å². The van der Waals surface area contributed by atoms with E-state index in [9.17, 15) is 10.5 Å². The van der Waals surface area contributed by atoms with Crippen LogP contribution in [-0.2, 0) is 5.41 Å². The van der Waals surface area contributed by atoms with E-state index in [4.69, 9.17) is 0 Å². The van der Waals surface area contributed by atoms with Crippen LogP contribution in [0.15, 0.2) is 60.2 Å². The van der Waals surface area contributed by atoms with Crippen molar-refractivity contribution in [3.8, 4) is 12.1 Å². The lowest BCUT2D eigenvalue weighted by molar-refractivity contribution is 0.426. The number of fused-ring (bicyclic) bond motifs is 4. The highest BCUT2D eigenvalue weighted by Crippen LogP contribution is 2.86. The Bertz CT molecular complexity index is 973. The zero-order valence-electron chi connectivity index (χ0n) is 12.7. The maximum atomic E-state index is 10.1. The molecule has 1 saturated carbocycles. The smallest absolute Gasteiger partial charge is 0.0960 e. The largest absolute Gasteiger partial charge is 0.198 e. The Morgan fingerprint density at radius 1 is 0.913 bits per heavy atom. The van der Waals surface area contributed by atoms with E-state index >= 15 is 0 Å². The van der Waals surface area contributed by atoms with E-state index in [1.54, 1.807) is 0 Å². The number of hydrogen-bond donors (Lipinski definition) is 0. The Kier molecular flexibility index (Phi) is 2.06. The van der Waals surface area contributed by atoms with Crippen LogP contribution < -0.4 is 0 Å². The van der Waals surface area contributed by atoms with Crippen LogP contribution in [0.4, 0.5) is 0 Å². The maximum Gasteiger partial charge on any atom is 0.0960 e. The van der Waals surface area contributed by atoms with Crippen LogP contribution in [0.3, 0.4) is 0 Å². The third-order valence-corrected chi connectivity index (χ3v) is 6.33. The first-order valence-electron chi connectivity index (χ1n) is 7.92. The molecule has 2 aromatic carbocycles. The molecule has 0 N–H and O–H groups in total. The van der Waals surface area contributed by atoms with Gasteiger partial charge in [-0.1, -0.05) is 54.6 Å². The van der Waals surface area contributed by atoms with Gasteiger partial charge in [-0.2, -0.15) is 10.5 Å². The zero-order chi connectivity index (χ0) is 15.8. The van der Waals surface area contributed by atoms with Gasteiger partial charge in [0.25, 0.3) is 0 Å². The Morgan fingerprint density at radius 3 is 2.30 bits per heavy atom. The van der Waals surface area contributed by atoms with E-state index in [0.717, 1.165) is 16.7 Å². The van der Waals surface area contributed by atoms with Crippen molar-refractivity contribution in [2.24, 2.45) is 11.3 Å². The van der Waals surface area contributed by atoms with Gasteiger partial charge in [0.05, 0.1) is 17.6 Å². The quantitative estimate of drug-likeness (QED) is 0.792. The molecule has 108 valence electrons. The van der Waals surface area contributed by atoms with Crippen LogP contribution in [0.1, 0.15) is 29.5 Å². The fraction of sp³-hybridized carbons (Fsp3) is 0.238. The first-order valence-corrected chi connectivity index (χ1v) is 7.92. The predicted octanol–water partition coefficient (Wildman–Crippen LogP) is 4.17. The van der Waals surface area contributed by atoms with Crippen LogP contribution in [0.5, 0.6) is 0 Å². The molecule has 2 heteroatoms. The van der Waals surface area contributed by atoms with Crippen LogP contribution in [0, 0.1) is 34.0 Å². The molecule has 2 aromatic rings. The predicted molar refractivity (Wildman–Crippen MR) is 87.0 cm³/mol. The molecule has 1 fully saturated rings. The van der Waals surface area contributed by atoms with Crippen LogP contribution >= 0.6 is 0 Å². The molecule has 0 spiro atoms. The fourth-order valence-corrected chi connectivity index (χ4v) is 5.41. The second-order valence-electron chi connectivity index (χ2n) is 6.91. The van der Waals surface area contributed by atoms with Crippen molar-refractivity contribution in [2.75, 3.05) is 0 Å². The number of benzene rings is 2. The Labute approximate surface area is 135 Å². The summed E-state index contributed by atoms with van der Waals surface area (Å²) in [4.78, 5) is 0. The van der Waals surface area contributed by atoms with Gasteiger partial charge in [-0.3, -0.25) is 0 Å². The fourth-order valence-electron chi connectivity index (χ4n) is 5.41. The van der Waals surface area contributed by atoms with E-state index in [2.05, 4.69) is 43.3 Å².